The number of nitrogens with zero attached hydrogens (tertiary/aromatic N) is 1. The second kappa shape index (κ2) is 6.68. The summed E-state index contributed by atoms with van der Waals surface area (Å²) in [5.41, 5.74) is 0.133. The van der Waals surface area contributed by atoms with E-state index in [1.807, 2.05) is 0 Å². The Morgan fingerprint density at radius 2 is 2.05 bits per heavy atom. The van der Waals surface area contributed by atoms with Gasteiger partial charge in [0.25, 0.3) is 5.69 Å². The summed E-state index contributed by atoms with van der Waals surface area (Å²) in [6.45, 7) is 3.01. The second-order valence-corrected chi connectivity index (χ2v) is 5.76. The number of nitro benzene ring substituents is 1. The Labute approximate surface area is 118 Å². The highest BCUT2D eigenvalue weighted by molar-refractivity contribution is 5.50. The van der Waals surface area contributed by atoms with E-state index in [1.54, 1.807) is 0 Å². The van der Waals surface area contributed by atoms with E-state index in [-0.39, 0.29) is 5.69 Å². The largest absolute Gasteiger partial charge is 0.383 e. The summed E-state index contributed by atoms with van der Waals surface area (Å²) in [6, 6.07) is 3.73. The molecular weight excluding hydrogens is 259 g/mol. The van der Waals surface area contributed by atoms with Crippen LogP contribution in [0.5, 0.6) is 0 Å². The molecule has 5 heteroatoms. The summed E-state index contributed by atoms with van der Waals surface area (Å²) in [5, 5.41) is 13.6. The topological polar surface area (TPSA) is 55.2 Å². The molecule has 0 spiro atoms. The van der Waals surface area contributed by atoms with Gasteiger partial charge < -0.3 is 5.32 Å². The van der Waals surface area contributed by atoms with Gasteiger partial charge >= 0.3 is 0 Å². The Morgan fingerprint density at radius 3 is 2.65 bits per heavy atom. The fourth-order valence-corrected chi connectivity index (χ4v) is 2.79. The zero-order valence-electron chi connectivity index (χ0n) is 11.8. The van der Waals surface area contributed by atoms with Crippen LogP contribution in [-0.4, -0.2) is 11.5 Å². The molecule has 0 amide bonds. The van der Waals surface area contributed by atoms with Gasteiger partial charge in [0.15, 0.2) is 5.82 Å². The molecule has 20 heavy (non-hydrogen) atoms. The summed E-state index contributed by atoms with van der Waals surface area (Å²) < 4.78 is 13.7. The van der Waals surface area contributed by atoms with Gasteiger partial charge in [-0.3, -0.25) is 10.1 Å². The first-order valence-corrected chi connectivity index (χ1v) is 7.24. The molecule has 1 aromatic carbocycles. The zero-order valence-corrected chi connectivity index (χ0v) is 11.8. The number of non-ortho nitro benzene ring substituents is 1. The average molecular weight is 280 g/mol. The third kappa shape index (κ3) is 3.92. The van der Waals surface area contributed by atoms with Gasteiger partial charge in [-0.25, -0.2) is 4.39 Å². The quantitative estimate of drug-likeness (QED) is 0.644. The standard InChI is InChI=1S/C15H21FN2O2/c1-11-2-4-12(5-3-11)8-9-17-15-7-6-13(18(19)20)10-14(15)16/h6-7,10-12,17H,2-5,8-9H2,1H3. The fourth-order valence-electron chi connectivity index (χ4n) is 2.79. The van der Waals surface area contributed by atoms with Gasteiger partial charge in [0.1, 0.15) is 0 Å². The lowest BCUT2D eigenvalue weighted by molar-refractivity contribution is -0.385. The molecule has 0 bridgehead atoms. The van der Waals surface area contributed by atoms with Gasteiger partial charge in [-0.05, 0) is 24.3 Å². The van der Waals surface area contributed by atoms with Crippen molar-refractivity contribution in [2.45, 2.75) is 39.0 Å². The van der Waals surface area contributed by atoms with E-state index in [9.17, 15) is 14.5 Å². The molecule has 1 N–H and O–H groups in total. The second-order valence-electron chi connectivity index (χ2n) is 5.76. The summed E-state index contributed by atoms with van der Waals surface area (Å²) in [7, 11) is 0. The van der Waals surface area contributed by atoms with E-state index in [1.165, 1.54) is 37.8 Å². The molecule has 0 saturated heterocycles. The van der Waals surface area contributed by atoms with Crippen LogP contribution in [0.15, 0.2) is 18.2 Å². The molecule has 0 aliphatic heterocycles. The SMILES string of the molecule is CC1CCC(CCNc2ccc([N+](=O)[O-])cc2F)CC1. The maximum atomic E-state index is 13.7. The smallest absolute Gasteiger partial charge is 0.272 e. The predicted molar refractivity (Wildman–Crippen MR) is 77.3 cm³/mol. The van der Waals surface area contributed by atoms with Gasteiger partial charge in [0, 0.05) is 12.6 Å². The number of halogens is 1. The molecule has 0 unspecified atom stereocenters. The molecular formula is C15H21FN2O2. The normalized spacial score (nSPS) is 22.5. The van der Waals surface area contributed by atoms with Crippen molar-refractivity contribution in [1.29, 1.82) is 0 Å². The van der Waals surface area contributed by atoms with Gasteiger partial charge in [-0.1, -0.05) is 32.6 Å². The van der Waals surface area contributed by atoms with E-state index in [4.69, 9.17) is 0 Å². The molecule has 0 radical (unpaired) electrons. The summed E-state index contributed by atoms with van der Waals surface area (Å²) >= 11 is 0. The molecule has 1 aromatic rings. The number of nitro groups is 1. The minimum absolute atomic E-state index is 0.214. The molecule has 4 nitrogen and oxygen atoms in total. The third-order valence-corrected chi connectivity index (χ3v) is 4.17. The number of anilines is 1. The number of benzene rings is 1. The van der Waals surface area contributed by atoms with Gasteiger partial charge in [-0.15, -0.1) is 0 Å². The fraction of sp³-hybridized carbons (Fsp3) is 0.600. The Hall–Kier alpha value is -1.65. The van der Waals surface area contributed by atoms with E-state index in [0.717, 1.165) is 24.3 Å². The molecule has 1 aliphatic carbocycles. The Morgan fingerprint density at radius 1 is 1.35 bits per heavy atom. The van der Waals surface area contributed by atoms with Crippen LogP contribution in [0.2, 0.25) is 0 Å². The van der Waals surface area contributed by atoms with Crippen molar-refractivity contribution in [3.05, 3.63) is 34.1 Å². The molecule has 1 aliphatic rings. The number of rotatable bonds is 5. The van der Waals surface area contributed by atoms with Crippen LogP contribution in [0.4, 0.5) is 15.8 Å². The number of hydrogen-bond donors (Lipinski definition) is 1. The van der Waals surface area contributed by atoms with Crippen molar-refractivity contribution in [2.24, 2.45) is 11.8 Å². The van der Waals surface area contributed by atoms with Crippen molar-refractivity contribution < 1.29 is 9.31 Å². The molecule has 110 valence electrons. The first kappa shape index (κ1) is 14.8. The van der Waals surface area contributed by atoms with Gasteiger partial charge in [0.05, 0.1) is 16.7 Å². The number of hydrogen-bond acceptors (Lipinski definition) is 3. The first-order valence-electron chi connectivity index (χ1n) is 7.24. The molecule has 0 heterocycles. The highest BCUT2D eigenvalue weighted by Crippen LogP contribution is 2.30. The third-order valence-electron chi connectivity index (χ3n) is 4.17. The van der Waals surface area contributed by atoms with Crippen LogP contribution < -0.4 is 5.32 Å². The maximum absolute atomic E-state index is 13.7. The van der Waals surface area contributed by atoms with E-state index in [0.29, 0.717) is 12.2 Å². The minimum Gasteiger partial charge on any atom is -0.383 e. The molecule has 1 fully saturated rings. The lowest BCUT2D eigenvalue weighted by Crippen LogP contribution is -2.16. The van der Waals surface area contributed by atoms with Crippen LogP contribution in [0.25, 0.3) is 0 Å². The van der Waals surface area contributed by atoms with Gasteiger partial charge in [0.2, 0.25) is 0 Å². The zero-order chi connectivity index (χ0) is 14.5. The lowest BCUT2D eigenvalue weighted by Gasteiger charge is -2.26. The highest BCUT2D eigenvalue weighted by Gasteiger charge is 2.18. The van der Waals surface area contributed by atoms with Crippen LogP contribution in [0.3, 0.4) is 0 Å². The summed E-state index contributed by atoms with van der Waals surface area (Å²) in [4.78, 5) is 9.94. The van der Waals surface area contributed by atoms with Crippen LogP contribution in [0.1, 0.15) is 39.0 Å². The Bertz CT molecular complexity index is 471. The summed E-state index contributed by atoms with van der Waals surface area (Å²) in [5.74, 6) is 1.00. The molecule has 0 aromatic heterocycles. The van der Waals surface area contributed by atoms with Crippen molar-refractivity contribution in [3.8, 4) is 0 Å². The van der Waals surface area contributed by atoms with Crippen LogP contribution in [-0.2, 0) is 0 Å². The van der Waals surface area contributed by atoms with Crippen molar-refractivity contribution >= 4 is 11.4 Å². The predicted octanol–water partition coefficient (Wildman–Crippen LogP) is 4.36. The average Bonchev–Trinajstić information content (AvgIpc) is 2.42. The maximum Gasteiger partial charge on any atom is 0.272 e. The van der Waals surface area contributed by atoms with Crippen LogP contribution >= 0.6 is 0 Å². The van der Waals surface area contributed by atoms with Crippen molar-refractivity contribution in [2.75, 3.05) is 11.9 Å². The van der Waals surface area contributed by atoms with E-state index >= 15 is 0 Å². The van der Waals surface area contributed by atoms with Crippen molar-refractivity contribution in [3.63, 3.8) is 0 Å². The first-order chi connectivity index (χ1) is 9.56. The highest BCUT2D eigenvalue weighted by atomic mass is 19.1. The summed E-state index contributed by atoms with van der Waals surface area (Å²) in [6.07, 6.45) is 6.12. The van der Waals surface area contributed by atoms with Crippen molar-refractivity contribution in [1.82, 2.24) is 0 Å². The minimum atomic E-state index is -0.587. The van der Waals surface area contributed by atoms with Crippen LogP contribution in [0, 0.1) is 27.8 Å². The molecule has 2 rings (SSSR count). The van der Waals surface area contributed by atoms with E-state index in [2.05, 4.69) is 12.2 Å². The Balaban J connectivity index is 1.81. The molecule has 0 atom stereocenters. The monoisotopic (exact) mass is 280 g/mol. The molecule has 1 saturated carbocycles. The van der Waals surface area contributed by atoms with Gasteiger partial charge in [-0.2, -0.15) is 0 Å². The van der Waals surface area contributed by atoms with E-state index < -0.39 is 10.7 Å². The lowest BCUT2D eigenvalue weighted by atomic mass is 9.81. The Kier molecular flexibility index (Phi) is 4.93. The number of nitrogens with one attached hydrogen (secondary N) is 1.